The number of aromatic nitrogens is 2. The Morgan fingerprint density at radius 1 is 0.881 bits per heavy atom. The number of piperazine rings is 1. The van der Waals surface area contributed by atoms with Gasteiger partial charge >= 0.3 is 0 Å². The zero-order valence-corrected chi connectivity index (χ0v) is 25.0. The molecule has 0 N–H and O–H groups in total. The van der Waals surface area contributed by atoms with Gasteiger partial charge < -0.3 is 18.9 Å². The molecule has 218 valence electrons. The predicted octanol–water partition coefficient (Wildman–Crippen LogP) is 6.57. The van der Waals surface area contributed by atoms with Gasteiger partial charge in [0.2, 0.25) is 12.7 Å². The first kappa shape index (κ1) is 28.4. The summed E-state index contributed by atoms with van der Waals surface area (Å²) in [6.45, 7) is 7.58. The first-order valence-electron chi connectivity index (χ1n) is 14.9. The topological polar surface area (TPSA) is 59.8 Å². The second-order valence-electron chi connectivity index (χ2n) is 10.8. The van der Waals surface area contributed by atoms with Crippen LogP contribution in [0, 0.1) is 0 Å². The fourth-order valence-corrected chi connectivity index (χ4v) is 6.62. The molecule has 7 nitrogen and oxygen atoms in total. The molecular weight excluding hydrogens is 544 g/mol. The van der Waals surface area contributed by atoms with Gasteiger partial charge in [0.25, 0.3) is 0 Å². The van der Waals surface area contributed by atoms with E-state index in [-0.39, 0.29) is 5.91 Å². The van der Waals surface area contributed by atoms with Gasteiger partial charge in [0.05, 0.1) is 11.4 Å². The van der Waals surface area contributed by atoms with Crippen molar-refractivity contribution in [3.63, 3.8) is 0 Å². The van der Waals surface area contributed by atoms with E-state index in [1.54, 1.807) is 11.8 Å². The van der Waals surface area contributed by atoms with E-state index in [1.807, 2.05) is 17.0 Å². The summed E-state index contributed by atoms with van der Waals surface area (Å²) in [6.07, 6.45) is 2.43. The number of benzene rings is 3. The molecule has 3 heterocycles. The number of ether oxygens (including phenoxy) is 2. The number of thioether (sulfide) groups is 1. The molecule has 4 aromatic rings. The van der Waals surface area contributed by atoms with Crippen molar-refractivity contribution in [1.82, 2.24) is 19.4 Å². The molecule has 1 saturated heterocycles. The highest BCUT2D eigenvalue weighted by atomic mass is 32.2. The second-order valence-corrected chi connectivity index (χ2v) is 11.8. The van der Waals surface area contributed by atoms with Gasteiger partial charge in [-0.3, -0.25) is 9.69 Å². The van der Waals surface area contributed by atoms with Gasteiger partial charge in [-0.15, -0.1) is 0 Å². The number of imidazole rings is 1. The van der Waals surface area contributed by atoms with Crippen LogP contribution in [0.4, 0.5) is 0 Å². The molecule has 0 atom stereocenters. The maximum Gasteiger partial charge on any atom is 0.231 e. The Hall–Kier alpha value is -3.75. The maximum absolute atomic E-state index is 13.0. The fraction of sp³-hybridized carbons (Fsp3) is 0.353. The minimum Gasteiger partial charge on any atom is -0.454 e. The molecule has 1 amide bonds. The van der Waals surface area contributed by atoms with Crippen LogP contribution in [0.2, 0.25) is 0 Å². The number of hydrogen-bond acceptors (Lipinski definition) is 6. The van der Waals surface area contributed by atoms with E-state index < -0.39 is 0 Å². The highest BCUT2D eigenvalue weighted by molar-refractivity contribution is 7.99. The summed E-state index contributed by atoms with van der Waals surface area (Å²) in [4.78, 5) is 22.6. The molecule has 6 rings (SSSR count). The van der Waals surface area contributed by atoms with Crippen LogP contribution in [-0.4, -0.2) is 64.0 Å². The number of rotatable bonds is 11. The predicted molar refractivity (Wildman–Crippen MR) is 168 cm³/mol. The molecule has 0 unspecified atom stereocenters. The third-order valence-corrected chi connectivity index (χ3v) is 8.87. The van der Waals surface area contributed by atoms with Crippen molar-refractivity contribution in [2.75, 3.05) is 38.7 Å². The normalized spacial score (nSPS) is 14.8. The Balaban J connectivity index is 1.04. The summed E-state index contributed by atoms with van der Waals surface area (Å²) in [5, 5.41) is 1.03. The molecule has 1 aromatic heterocycles. The lowest BCUT2D eigenvalue weighted by Gasteiger charge is -2.34. The van der Waals surface area contributed by atoms with E-state index in [2.05, 4.69) is 83.1 Å². The monoisotopic (exact) mass is 582 g/mol. The smallest absolute Gasteiger partial charge is 0.231 e. The Bertz CT molecular complexity index is 1480. The van der Waals surface area contributed by atoms with Gasteiger partial charge in [-0.25, -0.2) is 4.98 Å². The van der Waals surface area contributed by atoms with Crippen molar-refractivity contribution >= 4 is 17.7 Å². The lowest BCUT2D eigenvalue weighted by atomic mass is 10.0. The highest BCUT2D eigenvalue weighted by Crippen LogP contribution is 2.36. The van der Waals surface area contributed by atoms with Crippen LogP contribution in [0.25, 0.3) is 22.5 Å². The summed E-state index contributed by atoms with van der Waals surface area (Å²) in [7, 11) is 0. The molecule has 1 fully saturated rings. The summed E-state index contributed by atoms with van der Waals surface area (Å²) >= 11 is 1.76. The first-order chi connectivity index (χ1) is 20.7. The van der Waals surface area contributed by atoms with Crippen molar-refractivity contribution in [2.45, 2.75) is 44.4 Å². The summed E-state index contributed by atoms with van der Waals surface area (Å²) in [5.74, 6) is 2.75. The van der Waals surface area contributed by atoms with Crippen LogP contribution in [-0.2, 0) is 17.9 Å². The first-order valence-corrected chi connectivity index (χ1v) is 15.9. The van der Waals surface area contributed by atoms with Gasteiger partial charge in [0.1, 0.15) is 0 Å². The van der Waals surface area contributed by atoms with E-state index >= 15 is 0 Å². The minimum atomic E-state index is 0.255. The lowest BCUT2D eigenvalue weighted by molar-refractivity contribution is -0.133. The average Bonchev–Trinajstić information content (AvgIpc) is 3.65. The Labute approximate surface area is 252 Å². The number of fused-ring (bicyclic) bond motifs is 1. The summed E-state index contributed by atoms with van der Waals surface area (Å²) in [6, 6.07) is 27.1. The van der Waals surface area contributed by atoms with Gasteiger partial charge in [0, 0.05) is 62.6 Å². The molecule has 0 spiro atoms. The third kappa shape index (κ3) is 6.50. The molecule has 0 aliphatic carbocycles. The van der Waals surface area contributed by atoms with Gasteiger partial charge in [-0.2, -0.15) is 0 Å². The van der Waals surface area contributed by atoms with Crippen LogP contribution in [0.1, 0.15) is 31.7 Å². The Morgan fingerprint density at radius 2 is 1.60 bits per heavy atom. The van der Waals surface area contributed by atoms with Crippen molar-refractivity contribution in [3.05, 3.63) is 84.4 Å². The van der Waals surface area contributed by atoms with Gasteiger partial charge in [-0.05, 0) is 30.5 Å². The van der Waals surface area contributed by atoms with Crippen LogP contribution in [0.3, 0.4) is 0 Å². The van der Waals surface area contributed by atoms with Crippen LogP contribution < -0.4 is 9.47 Å². The number of carbonyl (C=O) groups excluding carboxylic acids is 1. The van der Waals surface area contributed by atoms with E-state index in [4.69, 9.17) is 14.5 Å². The van der Waals surface area contributed by atoms with Crippen molar-refractivity contribution in [1.29, 1.82) is 0 Å². The standard InChI is InChI=1S/C34H38N4O3S/c1-2-17-38-33(28-12-7-4-8-13-28)32(27-10-5-3-6-11-27)35-34(38)42-22-9-14-31(39)37-20-18-36(19-21-37)24-26-15-16-29-30(23-26)41-25-40-29/h3-8,10-13,15-16,23H,2,9,14,17-22,24-25H2,1H3. The SMILES string of the molecule is CCCn1c(SCCCC(=O)N2CCN(Cc3ccc4c(c3)OCO4)CC2)nc(-c2ccccc2)c1-c1ccccc1. The third-order valence-electron chi connectivity index (χ3n) is 7.81. The van der Waals surface area contributed by atoms with E-state index in [0.29, 0.717) is 13.2 Å². The molecule has 42 heavy (non-hydrogen) atoms. The molecule has 2 aliphatic rings. The zero-order valence-electron chi connectivity index (χ0n) is 24.2. The number of amides is 1. The summed E-state index contributed by atoms with van der Waals surface area (Å²) in [5.41, 5.74) is 5.70. The Kier molecular flexibility index (Phi) is 9.11. The fourth-order valence-electron chi connectivity index (χ4n) is 5.66. The molecule has 8 heteroatoms. The molecule has 0 bridgehead atoms. The van der Waals surface area contributed by atoms with Crippen LogP contribution >= 0.6 is 11.8 Å². The molecule has 0 radical (unpaired) electrons. The number of hydrogen-bond donors (Lipinski definition) is 0. The lowest BCUT2D eigenvalue weighted by Crippen LogP contribution is -2.48. The maximum atomic E-state index is 13.0. The quantitative estimate of drug-likeness (QED) is 0.147. The largest absolute Gasteiger partial charge is 0.454 e. The van der Waals surface area contributed by atoms with Gasteiger partial charge in [-0.1, -0.05) is 85.4 Å². The Morgan fingerprint density at radius 3 is 2.33 bits per heavy atom. The number of nitrogens with zero attached hydrogens (tertiary/aromatic N) is 4. The molecule has 2 aliphatic heterocycles. The van der Waals surface area contributed by atoms with Gasteiger partial charge in [0.15, 0.2) is 16.7 Å². The zero-order chi connectivity index (χ0) is 28.7. The van der Waals surface area contributed by atoms with Crippen LogP contribution in [0.5, 0.6) is 11.5 Å². The molecule has 3 aromatic carbocycles. The molecular formula is C34H38N4O3S. The highest BCUT2D eigenvalue weighted by Gasteiger charge is 2.23. The van der Waals surface area contributed by atoms with E-state index in [9.17, 15) is 4.79 Å². The second kappa shape index (κ2) is 13.5. The van der Waals surface area contributed by atoms with E-state index in [0.717, 1.165) is 85.8 Å². The van der Waals surface area contributed by atoms with Crippen LogP contribution in [0.15, 0.2) is 84.0 Å². The minimum absolute atomic E-state index is 0.255. The molecule has 0 saturated carbocycles. The van der Waals surface area contributed by atoms with Crippen molar-refractivity contribution in [2.24, 2.45) is 0 Å². The van der Waals surface area contributed by atoms with E-state index in [1.165, 1.54) is 16.8 Å². The average molecular weight is 583 g/mol. The van der Waals surface area contributed by atoms with Crippen molar-refractivity contribution in [3.8, 4) is 34.0 Å². The number of carbonyl (C=O) groups is 1. The van der Waals surface area contributed by atoms with Crippen molar-refractivity contribution < 1.29 is 14.3 Å². The summed E-state index contributed by atoms with van der Waals surface area (Å²) < 4.78 is 13.3.